The Morgan fingerprint density at radius 3 is 1.56 bits per heavy atom. The van der Waals surface area contributed by atoms with Crippen molar-refractivity contribution in [3.8, 4) is 0 Å². The fraction of sp³-hybridized carbons (Fsp3) is 0.478. The van der Waals surface area contributed by atoms with Gasteiger partial charge in [0.1, 0.15) is 45.7 Å². The normalized spacial score (nSPS) is 17.8. The fourth-order valence-electron chi connectivity index (χ4n) is 9.85. The van der Waals surface area contributed by atoms with Crippen LogP contribution in [-0.2, 0) is 33.8 Å². The molecule has 0 saturated heterocycles. The highest BCUT2D eigenvalue weighted by Gasteiger charge is 2.48. The van der Waals surface area contributed by atoms with Gasteiger partial charge in [0, 0.05) is 54.7 Å². The minimum atomic E-state index is -0.741. The summed E-state index contributed by atoms with van der Waals surface area (Å²) < 4.78 is 3.44. The molecule has 0 bridgehead atoms. The van der Waals surface area contributed by atoms with Crippen molar-refractivity contribution in [2.45, 2.75) is 130 Å². The molecule has 17 nitrogen and oxygen atoms in total. The van der Waals surface area contributed by atoms with E-state index in [1.54, 1.807) is 47.5 Å². The van der Waals surface area contributed by atoms with E-state index in [0.717, 1.165) is 109 Å². The van der Waals surface area contributed by atoms with Crippen LogP contribution in [0.5, 0.6) is 0 Å². The number of carbonyl (C=O) groups excluding carboxylic acids is 3. The van der Waals surface area contributed by atoms with Crippen molar-refractivity contribution in [2.24, 2.45) is 11.8 Å². The number of nitrogens with one attached hydrogen (secondary N) is 5. The SMILES string of the molecule is CC(C)C(=O)O.Cc1c2c(c(=O)n3c1C(=O)NC31CCCCC1)Nc1cc(N)ncc1C2.Cc1c2c(c(=O)n3c1C(=O)NC31CCCCC1)Nc1cc(NC(=O)C(C)C)ncc1C2. The van der Waals surface area contributed by atoms with Crippen molar-refractivity contribution in [1.82, 2.24) is 29.7 Å². The molecule has 0 atom stereocenters. The highest BCUT2D eigenvalue weighted by molar-refractivity contribution is 5.99. The lowest BCUT2D eigenvalue weighted by molar-refractivity contribution is -0.140. The van der Waals surface area contributed by atoms with E-state index in [9.17, 15) is 28.8 Å². The van der Waals surface area contributed by atoms with Crippen molar-refractivity contribution in [2.75, 3.05) is 21.7 Å². The fourth-order valence-corrected chi connectivity index (χ4v) is 9.85. The number of nitrogen functional groups attached to an aromatic ring is 1. The van der Waals surface area contributed by atoms with Gasteiger partial charge in [-0.25, -0.2) is 9.97 Å². The van der Waals surface area contributed by atoms with Crippen molar-refractivity contribution in [1.29, 1.82) is 0 Å². The number of amides is 3. The zero-order valence-electron chi connectivity index (χ0n) is 36.7. The molecule has 8 heterocycles. The summed E-state index contributed by atoms with van der Waals surface area (Å²) in [6.07, 6.45) is 14.0. The number of hydrogen-bond acceptors (Lipinski definition) is 11. The second kappa shape index (κ2) is 16.3. The van der Waals surface area contributed by atoms with Gasteiger partial charge in [0.05, 0.1) is 5.92 Å². The summed E-state index contributed by atoms with van der Waals surface area (Å²) in [4.78, 5) is 83.0. The lowest BCUT2D eigenvalue weighted by Crippen LogP contribution is -2.49. The second-order valence-corrected chi connectivity index (χ2v) is 18.3. The Morgan fingerprint density at radius 1 is 0.698 bits per heavy atom. The number of carbonyl (C=O) groups is 4. The molecule has 2 aliphatic carbocycles. The van der Waals surface area contributed by atoms with E-state index in [0.29, 0.717) is 47.2 Å². The molecular weight excluding hydrogens is 805 g/mol. The van der Waals surface area contributed by atoms with Crippen molar-refractivity contribution in [3.05, 3.63) is 90.0 Å². The summed E-state index contributed by atoms with van der Waals surface area (Å²) in [7, 11) is 0. The lowest BCUT2D eigenvalue weighted by atomic mass is 9.88. The molecule has 6 aliphatic rings. The van der Waals surface area contributed by atoms with Gasteiger partial charge < -0.3 is 37.4 Å². The van der Waals surface area contributed by atoms with Crippen LogP contribution >= 0.6 is 0 Å². The maximum absolute atomic E-state index is 13.7. The number of nitrogens with two attached hydrogens (primary N) is 1. The highest BCUT2D eigenvalue weighted by atomic mass is 16.4. The molecule has 0 radical (unpaired) electrons. The Hall–Kier alpha value is -6.52. The number of fused-ring (bicyclic) bond motifs is 8. The molecule has 2 fully saturated rings. The molecular formula is C46H56N10O7. The molecule has 8 N–H and O–H groups in total. The molecule has 63 heavy (non-hydrogen) atoms. The van der Waals surface area contributed by atoms with E-state index >= 15 is 0 Å². The molecule has 4 aromatic heterocycles. The van der Waals surface area contributed by atoms with Crippen LogP contribution in [0, 0.1) is 25.7 Å². The number of nitrogens with zero attached hydrogens (tertiary/aromatic N) is 4. The van der Waals surface area contributed by atoms with Crippen LogP contribution in [-0.4, -0.2) is 47.9 Å². The number of aliphatic carboxylic acids is 1. The third kappa shape index (κ3) is 7.50. The van der Waals surface area contributed by atoms with Gasteiger partial charge >= 0.3 is 5.97 Å². The number of anilines is 6. The lowest BCUT2D eigenvalue weighted by Gasteiger charge is -2.36. The zero-order valence-corrected chi connectivity index (χ0v) is 36.7. The average molecular weight is 861 g/mol. The first-order valence-corrected chi connectivity index (χ1v) is 22.0. The van der Waals surface area contributed by atoms with Gasteiger partial charge in [-0.1, -0.05) is 40.5 Å². The summed E-state index contributed by atoms with van der Waals surface area (Å²) in [5, 5.41) is 23.6. The van der Waals surface area contributed by atoms with Gasteiger partial charge in [-0.05, 0) is 98.6 Å². The van der Waals surface area contributed by atoms with Crippen molar-refractivity contribution in [3.63, 3.8) is 0 Å². The Morgan fingerprint density at radius 2 is 1.13 bits per heavy atom. The highest BCUT2D eigenvalue weighted by Crippen LogP contribution is 2.43. The quantitative estimate of drug-likeness (QED) is 0.108. The van der Waals surface area contributed by atoms with Crippen LogP contribution in [0.15, 0.2) is 34.1 Å². The first-order chi connectivity index (χ1) is 29.9. The van der Waals surface area contributed by atoms with Crippen LogP contribution in [0.1, 0.15) is 146 Å². The van der Waals surface area contributed by atoms with Crippen LogP contribution in [0.3, 0.4) is 0 Å². The van der Waals surface area contributed by atoms with E-state index < -0.39 is 17.3 Å². The van der Waals surface area contributed by atoms with Crippen LogP contribution in [0.2, 0.25) is 0 Å². The number of rotatable bonds is 3. The van der Waals surface area contributed by atoms with E-state index in [1.807, 2.05) is 27.7 Å². The standard InChI is InChI=1S/C23H27N5O3.C19H21N5O2.C4H8O2/c1-12(2)20(29)26-17-10-16-14(11-24-17)9-15-13(3)19-21(30)27-23(7-5-4-6-8-23)28(19)22(31)18(15)25-16;1-10-12-7-11-9-21-14(20)8-13(11)22-15(12)18(26)24-16(10)17(25)23-19(24)5-3-2-4-6-19;1-3(2)4(5)6/h10-12,25H,4-9H2,1-3H3,(H,27,30)(H,24,26,29);8-9,22H,2-7H2,1H3,(H2,20,21)(H,23,25);3H,1-2H3,(H,5,6). The van der Waals surface area contributed by atoms with Gasteiger partial charge in [0.15, 0.2) is 0 Å². The van der Waals surface area contributed by atoms with Crippen LogP contribution in [0.25, 0.3) is 0 Å². The molecule has 0 unspecified atom stereocenters. The summed E-state index contributed by atoms with van der Waals surface area (Å²) in [5.74, 6) is -0.662. The number of hydrogen-bond donors (Lipinski definition) is 7. The molecule has 2 spiro atoms. The first kappa shape index (κ1) is 43.1. The van der Waals surface area contributed by atoms with Crippen LogP contribution in [0.4, 0.5) is 34.4 Å². The minimum absolute atomic E-state index is 0.110. The molecule has 332 valence electrons. The predicted octanol–water partition coefficient (Wildman–Crippen LogP) is 6.02. The number of aromatic nitrogens is 4. The minimum Gasteiger partial charge on any atom is -0.481 e. The third-order valence-electron chi connectivity index (χ3n) is 13.4. The second-order valence-electron chi connectivity index (χ2n) is 18.3. The zero-order chi connectivity index (χ0) is 45.1. The average Bonchev–Trinajstić information content (AvgIpc) is 3.70. The van der Waals surface area contributed by atoms with Gasteiger partial charge in [-0.3, -0.25) is 37.9 Å². The van der Waals surface area contributed by atoms with Crippen molar-refractivity contribution < 1.29 is 24.3 Å². The molecule has 4 aliphatic heterocycles. The molecule has 2 saturated carbocycles. The maximum Gasteiger partial charge on any atom is 0.305 e. The Bertz CT molecular complexity index is 2700. The summed E-state index contributed by atoms with van der Waals surface area (Å²) in [6.45, 7) is 10.8. The number of pyridine rings is 4. The first-order valence-electron chi connectivity index (χ1n) is 22.0. The van der Waals surface area contributed by atoms with Crippen molar-refractivity contribution >= 4 is 58.1 Å². The largest absolute Gasteiger partial charge is 0.481 e. The monoisotopic (exact) mass is 860 g/mol. The summed E-state index contributed by atoms with van der Waals surface area (Å²) in [5.41, 5.74) is 13.3. The van der Waals surface area contributed by atoms with Gasteiger partial charge in [0.2, 0.25) is 5.91 Å². The third-order valence-corrected chi connectivity index (χ3v) is 13.4. The maximum atomic E-state index is 13.7. The molecule has 0 aromatic carbocycles. The Balaban J connectivity index is 0.000000155. The van der Waals surface area contributed by atoms with Gasteiger partial charge in [0.25, 0.3) is 22.9 Å². The van der Waals surface area contributed by atoms with Gasteiger partial charge in [-0.2, -0.15) is 0 Å². The van der Waals surface area contributed by atoms with Crippen LogP contribution < -0.4 is 43.4 Å². The smallest absolute Gasteiger partial charge is 0.305 e. The Kier molecular flexibility index (Phi) is 11.2. The number of carboxylic acids is 1. The topological polar surface area (TPSA) is 244 Å². The molecule has 4 aromatic rings. The summed E-state index contributed by atoms with van der Waals surface area (Å²) >= 11 is 0. The van der Waals surface area contributed by atoms with Gasteiger partial charge in [-0.15, -0.1) is 0 Å². The van der Waals surface area contributed by atoms with E-state index in [4.69, 9.17) is 10.8 Å². The molecule has 10 rings (SSSR count). The summed E-state index contributed by atoms with van der Waals surface area (Å²) in [6, 6.07) is 3.52. The number of carboxylic acid groups (broad SMARTS) is 1. The molecule has 3 amide bonds. The van der Waals surface area contributed by atoms with E-state index in [2.05, 4.69) is 36.6 Å². The van der Waals surface area contributed by atoms with E-state index in [-0.39, 0.29) is 40.7 Å². The van der Waals surface area contributed by atoms with E-state index in [1.165, 1.54) is 0 Å². The predicted molar refractivity (Wildman–Crippen MR) is 239 cm³/mol. The Labute approximate surface area is 364 Å². The molecule has 17 heteroatoms.